The Morgan fingerprint density at radius 1 is 1.18 bits per heavy atom. The first-order valence-corrected chi connectivity index (χ1v) is 5.96. The van der Waals surface area contributed by atoms with Gasteiger partial charge in [-0.25, -0.2) is 0 Å². The number of ether oxygens (including phenoxy) is 1. The smallest absolute Gasteiger partial charge is 0.306 e. The van der Waals surface area contributed by atoms with Gasteiger partial charge in [0.15, 0.2) is 0 Å². The van der Waals surface area contributed by atoms with Gasteiger partial charge in [0, 0.05) is 19.6 Å². The first kappa shape index (κ1) is 16.3. The first-order chi connectivity index (χ1) is 8.24. The van der Waals surface area contributed by atoms with Gasteiger partial charge in [-0.1, -0.05) is 0 Å². The summed E-state index contributed by atoms with van der Waals surface area (Å²) >= 11 is 0. The highest BCUT2D eigenvalue weighted by Gasteiger charge is 2.03. The zero-order valence-corrected chi connectivity index (χ0v) is 10.5. The Kier molecular flexibility index (Phi) is 11.3. The predicted octanol–water partition coefficient (Wildman–Crippen LogP) is -1.18. The van der Waals surface area contributed by atoms with Gasteiger partial charge in [-0.05, 0) is 19.5 Å². The van der Waals surface area contributed by atoms with Crippen molar-refractivity contribution in [3.8, 4) is 0 Å². The first-order valence-electron chi connectivity index (χ1n) is 5.96. The summed E-state index contributed by atoms with van der Waals surface area (Å²) in [6.07, 6.45) is 1.30. The highest BCUT2D eigenvalue weighted by Crippen LogP contribution is 1.90. The molecule has 0 fully saturated rings. The quantitative estimate of drug-likeness (QED) is 0.315. The molecular formula is C11H24N2O4. The average molecular weight is 248 g/mol. The largest absolute Gasteiger partial charge is 0.469 e. The Bertz CT molecular complexity index is 184. The maximum Gasteiger partial charge on any atom is 0.306 e. The van der Waals surface area contributed by atoms with E-state index in [9.17, 15) is 4.79 Å². The van der Waals surface area contributed by atoms with Gasteiger partial charge in [-0.2, -0.15) is 0 Å². The maximum absolute atomic E-state index is 10.8. The SMILES string of the molecule is COC(=O)CCNCCCN(CCO)CCO. The van der Waals surface area contributed by atoms with E-state index >= 15 is 0 Å². The van der Waals surface area contributed by atoms with E-state index < -0.39 is 0 Å². The van der Waals surface area contributed by atoms with Gasteiger partial charge in [-0.3, -0.25) is 9.69 Å². The molecule has 0 saturated carbocycles. The number of nitrogens with zero attached hydrogens (tertiary/aromatic N) is 1. The summed E-state index contributed by atoms with van der Waals surface area (Å²) in [4.78, 5) is 12.8. The second kappa shape index (κ2) is 11.8. The molecule has 0 aromatic carbocycles. The lowest BCUT2D eigenvalue weighted by Crippen LogP contribution is -2.32. The molecule has 17 heavy (non-hydrogen) atoms. The molecule has 102 valence electrons. The number of nitrogens with one attached hydrogen (secondary N) is 1. The summed E-state index contributed by atoms with van der Waals surface area (Å²) in [6, 6.07) is 0. The lowest BCUT2D eigenvalue weighted by atomic mass is 10.3. The van der Waals surface area contributed by atoms with E-state index in [4.69, 9.17) is 10.2 Å². The molecule has 6 heteroatoms. The molecule has 0 rings (SSSR count). The fourth-order valence-electron chi connectivity index (χ4n) is 1.46. The van der Waals surface area contributed by atoms with Crippen LogP contribution in [0.2, 0.25) is 0 Å². The van der Waals surface area contributed by atoms with Crippen LogP contribution in [0.4, 0.5) is 0 Å². The molecule has 3 N–H and O–H groups in total. The van der Waals surface area contributed by atoms with Crippen LogP contribution in [0.3, 0.4) is 0 Å². The van der Waals surface area contributed by atoms with Crippen molar-refractivity contribution in [1.82, 2.24) is 10.2 Å². The molecule has 0 amide bonds. The van der Waals surface area contributed by atoms with Crippen molar-refractivity contribution >= 4 is 5.97 Å². The number of aliphatic hydroxyl groups is 2. The molecule has 0 aliphatic carbocycles. The van der Waals surface area contributed by atoms with E-state index in [1.165, 1.54) is 7.11 Å². The summed E-state index contributed by atoms with van der Waals surface area (Å²) in [6.45, 7) is 3.64. The average Bonchev–Trinajstić information content (AvgIpc) is 2.33. The van der Waals surface area contributed by atoms with Crippen LogP contribution in [-0.4, -0.2) is 74.1 Å². The molecule has 0 saturated heterocycles. The number of methoxy groups -OCH3 is 1. The number of aliphatic hydroxyl groups excluding tert-OH is 2. The van der Waals surface area contributed by atoms with E-state index in [1.54, 1.807) is 0 Å². The molecular weight excluding hydrogens is 224 g/mol. The third kappa shape index (κ3) is 10.2. The highest BCUT2D eigenvalue weighted by atomic mass is 16.5. The molecule has 0 spiro atoms. The van der Waals surface area contributed by atoms with Crippen molar-refractivity contribution in [3.05, 3.63) is 0 Å². The van der Waals surface area contributed by atoms with Crippen LogP contribution in [0.5, 0.6) is 0 Å². The minimum Gasteiger partial charge on any atom is -0.469 e. The van der Waals surface area contributed by atoms with E-state index in [0.29, 0.717) is 26.1 Å². The number of hydrogen-bond donors (Lipinski definition) is 3. The molecule has 0 aliphatic heterocycles. The van der Waals surface area contributed by atoms with Gasteiger partial charge in [0.2, 0.25) is 0 Å². The van der Waals surface area contributed by atoms with Crippen LogP contribution in [0.25, 0.3) is 0 Å². The van der Waals surface area contributed by atoms with E-state index in [-0.39, 0.29) is 19.2 Å². The van der Waals surface area contributed by atoms with E-state index in [2.05, 4.69) is 10.1 Å². The molecule has 0 heterocycles. The summed E-state index contributed by atoms with van der Waals surface area (Å²) < 4.78 is 4.52. The van der Waals surface area contributed by atoms with Crippen LogP contribution in [0.15, 0.2) is 0 Å². The number of carbonyl (C=O) groups is 1. The second-order valence-corrected chi connectivity index (χ2v) is 3.72. The minimum absolute atomic E-state index is 0.107. The number of hydrogen-bond acceptors (Lipinski definition) is 6. The predicted molar refractivity (Wildman–Crippen MR) is 64.7 cm³/mol. The van der Waals surface area contributed by atoms with Gasteiger partial charge in [0.1, 0.15) is 0 Å². The third-order valence-corrected chi connectivity index (χ3v) is 2.39. The van der Waals surface area contributed by atoms with Gasteiger partial charge in [0.05, 0.1) is 26.7 Å². The molecule has 0 atom stereocenters. The van der Waals surface area contributed by atoms with Crippen LogP contribution in [0, 0.1) is 0 Å². The molecule has 0 bridgehead atoms. The Balaban J connectivity index is 3.38. The molecule has 0 aromatic rings. The number of rotatable bonds is 11. The standard InChI is InChI=1S/C11H24N2O4/c1-17-11(16)3-5-12-4-2-6-13(7-9-14)8-10-15/h12,14-15H,2-10H2,1H3. The van der Waals surface area contributed by atoms with Gasteiger partial charge >= 0.3 is 5.97 Å². The van der Waals surface area contributed by atoms with Crippen molar-refractivity contribution in [2.75, 3.05) is 53.0 Å². The summed E-state index contributed by atoms with van der Waals surface area (Å²) in [5.74, 6) is -0.209. The zero-order chi connectivity index (χ0) is 12.9. The van der Waals surface area contributed by atoms with Crippen molar-refractivity contribution in [2.24, 2.45) is 0 Å². The maximum atomic E-state index is 10.8. The van der Waals surface area contributed by atoms with Crippen LogP contribution < -0.4 is 5.32 Å². The highest BCUT2D eigenvalue weighted by molar-refractivity contribution is 5.69. The Morgan fingerprint density at radius 2 is 1.82 bits per heavy atom. The fourth-order valence-corrected chi connectivity index (χ4v) is 1.46. The summed E-state index contributed by atoms with van der Waals surface area (Å²) in [7, 11) is 1.38. The van der Waals surface area contributed by atoms with Crippen LogP contribution in [-0.2, 0) is 9.53 Å². The molecule has 0 radical (unpaired) electrons. The fraction of sp³-hybridized carbons (Fsp3) is 0.909. The van der Waals surface area contributed by atoms with Crippen molar-refractivity contribution < 1.29 is 19.7 Å². The van der Waals surface area contributed by atoms with E-state index in [1.807, 2.05) is 4.90 Å². The number of carbonyl (C=O) groups excluding carboxylic acids is 1. The Labute approximate surface area is 103 Å². The lowest BCUT2D eigenvalue weighted by Gasteiger charge is -2.19. The third-order valence-electron chi connectivity index (χ3n) is 2.39. The van der Waals surface area contributed by atoms with Crippen LogP contribution >= 0.6 is 0 Å². The van der Waals surface area contributed by atoms with Crippen molar-refractivity contribution in [3.63, 3.8) is 0 Å². The molecule has 0 aromatic heterocycles. The Hall–Kier alpha value is -0.690. The van der Waals surface area contributed by atoms with E-state index in [0.717, 1.165) is 19.5 Å². The normalized spacial score (nSPS) is 10.8. The van der Waals surface area contributed by atoms with Gasteiger partial charge < -0.3 is 20.3 Å². The van der Waals surface area contributed by atoms with Crippen LogP contribution in [0.1, 0.15) is 12.8 Å². The summed E-state index contributed by atoms with van der Waals surface area (Å²) in [5.41, 5.74) is 0. The zero-order valence-electron chi connectivity index (χ0n) is 10.5. The monoisotopic (exact) mass is 248 g/mol. The molecule has 0 aliphatic rings. The molecule has 6 nitrogen and oxygen atoms in total. The van der Waals surface area contributed by atoms with Crippen molar-refractivity contribution in [2.45, 2.75) is 12.8 Å². The Morgan fingerprint density at radius 3 is 2.35 bits per heavy atom. The topological polar surface area (TPSA) is 82.0 Å². The van der Waals surface area contributed by atoms with Crippen molar-refractivity contribution in [1.29, 1.82) is 0 Å². The summed E-state index contributed by atoms with van der Waals surface area (Å²) in [5, 5.41) is 20.7. The second-order valence-electron chi connectivity index (χ2n) is 3.72. The van der Waals surface area contributed by atoms with Gasteiger partial charge in [-0.15, -0.1) is 0 Å². The lowest BCUT2D eigenvalue weighted by molar-refractivity contribution is -0.140. The number of esters is 1. The molecule has 0 unspecified atom stereocenters. The minimum atomic E-state index is -0.209. The van der Waals surface area contributed by atoms with Gasteiger partial charge in [0.25, 0.3) is 0 Å².